The van der Waals surface area contributed by atoms with Crippen LogP contribution in [0.3, 0.4) is 0 Å². The van der Waals surface area contributed by atoms with Gasteiger partial charge in [-0.15, -0.1) is 0 Å². The minimum atomic E-state index is 0. The summed E-state index contributed by atoms with van der Waals surface area (Å²) < 4.78 is 0. The smallest absolute Gasteiger partial charge is 0 e. The van der Waals surface area contributed by atoms with Gasteiger partial charge in [-0.3, -0.25) is 0 Å². The van der Waals surface area contributed by atoms with E-state index < -0.39 is 0 Å². The molecule has 0 saturated carbocycles. The van der Waals surface area contributed by atoms with Gasteiger partial charge in [-0.1, -0.05) is 49.0 Å². The molecule has 0 saturated heterocycles. The fourth-order valence-electron chi connectivity index (χ4n) is 0. The van der Waals surface area contributed by atoms with Crippen molar-refractivity contribution in [3.63, 3.8) is 0 Å². The standard InChI is InChI=1S/C5H12.C2H6.CH4.Ar/c1-5(2,3)4;1-2;;/h1-4H3;1-2H3;1H4;. The van der Waals surface area contributed by atoms with Gasteiger partial charge in [0.1, 0.15) is 0 Å². The van der Waals surface area contributed by atoms with Crippen LogP contribution in [0.5, 0.6) is 0 Å². The quantitative estimate of drug-likeness (QED) is 0.504. The number of rotatable bonds is 0. The Balaban J connectivity index is -0.0000000286. The van der Waals surface area contributed by atoms with Crippen LogP contribution in [0.2, 0.25) is 0 Å². The average molecular weight is 158 g/mol. The first-order chi connectivity index (χ1) is 3.00. The summed E-state index contributed by atoms with van der Waals surface area (Å²) in [5.74, 6) is 0. The summed E-state index contributed by atoms with van der Waals surface area (Å²) in [6, 6.07) is 0. The van der Waals surface area contributed by atoms with E-state index in [0.29, 0.717) is 5.41 Å². The molecule has 1 heteroatoms. The monoisotopic (exact) mass is 158 g/mol. The van der Waals surface area contributed by atoms with E-state index >= 15 is 0 Å². The molecule has 9 heavy (non-hydrogen) atoms. The largest absolute Gasteiger partial charge is 0.0776 e. The third kappa shape index (κ3) is 308. The molecule has 0 aromatic carbocycles. The van der Waals surface area contributed by atoms with E-state index in [1.165, 1.54) is 0 Å². The van der Waals surface area contributed by atoms with Crippen molar-refractivity contribution in [3.8, 4) is 0 Å². The maximum Gasteiger partial charge on any atom is 0 e. The van der Waals surface area contributed by atoms with Crippen LogP contribution in [0, 0.1) is 43.2 Å². The van der Waals surface area contributed by atoms with Gasteiger partial charge in [0.2, 0.25) is 0 Å². The van der Waals surface area contributed by atoms with Crippen LogP contribution < -0.4 is 0 Å². The molecule has 0 unspecified atom stereocenters. The molecule has 0 amide bonds. The van der Waals surface area contributed by atoms with Crippen molar-refractivity contribution in [2.24, 2.45) is 5.41 Å². The van der Waals surface area contributed by atoms with E-state index in [1.54, 1.807) is 0 Å². The zero-order chi connectivity index (χ0) is 6.50. The second-order valence-corrected chi connectivity index (χ2v) is 3.00. The second-order valence-electron chi connectivity index (χ2n) is 3.00. The molecular formula is C8H22Ar. The molecule has 0 heterocycles. The van der Waals surface area contributed by atoms with Crippen LogP contribution >= 0.6 is 0 Å². The van der Waals surface area contributed by atoms with Gasteiger partial charge in [-0.25, -0.2) is 0 Å². The molecule has 0 aliphatic heterocycles. The molecule has 0 aliphatic rings. The molecule has 0 spiro atoms. The molecule has 62 valence electrons. The third-order valence-electron chi connectivity index (χ3n) is 0. The maximum absolute atomic E-state index is 2.19. The molecule has 0 bridgehead atoms. The van der Waals surface area contributed by atoms with Gasteiger partial charge >= 0.3 is 0 Å². The van der Waals surface area contributed by atoms with Crippen molar-refractivity contribution in [2.75, 3.05) is 0 Å². The maximum atomic E-state index is 2.19. The van der Waals surface area contributed by atoms with E-state index in [4.69, 9.17) is 0 Å². The average Bonchev–Trinajstić information content (AvgIpc) is 1.36. The predicted molar refractivity (Wildman–Crippen MR) is 43.2 cm³/mol. The summed E-state index contributed by atoms with van der Waals surface area (Å²) in [5.41, 5.74) is 0.500. The van der Waals surface area contributed by atoms with E-state index in [0.717, 1.165) is 0 Å². The van der Waals surface area contributed by atoms with Crippen LogP contribution in [0.25, 0.3) is 0 Å². The molecule has 0 nitrogen and oxygen atoms in total. The Kier molecular flexibility index (Phi) is 29.9. The summed E-state index contributed by atoms with van der Waals surface area (Å²) in [5, 5.41) is 0. The van der Waals surface area contributed by atoms with Crippen LogP contribution in [0.4, 0.5) is 0 Å². The van der Waals surface area contributed by atoms with Crippen molar-refractivity contribution in [2.45, 2.75) is 49.0 Å². The van der Waals surface area contributed by atoms with E-state index in [1.807, 2.05) is 13.8 Å². The molecule has 0 aliphatic carbocycles. The molecule has 0 atom stereocenters. The first kappa shape index (κ1) is 22.5. The van der Waals surface area contributed by atoms with Crippen LogP contribution in [0.1, 0.15) is 49.0 Å². The topological polar surface area (TPSA) is 0 Å². The summed E-state index contributed by atoms with van der Waals surface area (Å²) in [6.07, 6.45) is 0. The van der Waals surface area contributed by atoms with Crippen molar-refractivity contribution in [1.29, 1.82) is 0 Å². The molecular weight excluding hydrogens is 136 g/mol. The molecule has 0 fully saturated rings. The van der Waals surface area contributed by atoms with Crippen molar-refractivity contribution in [1.82, 2.24) is 0 Å². The zero-order valence-corrected chi connectivity index (χ0v) is 7.56. The van der Waals surface area contributed by atoms with E-state index in [9.17, 15) is 0 Å². The molecule has 0 radical (unpaired) electrons. The Morgan fingerprint density at radius 3 is 0.778 bits per heavy atom. The summed E-state index contributed by atoms with van der Waals surface area (Å²) in [7, 11) is 0. The molecule has 0 N–H and O–H groups in total. The van der Waals surface area contributed by atoms with Gasteiger partial charge in [-0.05, 0) is 5.41 Å². The summed E-state index contributed by atoms with van der Waals surface area (Å²) >= 11 is 0. The Hall–Kier alpha value is 1.26. The third-order valence-corrected chi connectivity index (χ3v) is 0. The van der Waals surface area contributed by atoms with E-state index in [-0.39, 0.29) is 45.2 Å². The van der Waals surface area contributed by atoms with Crippen LogP contribution in [-0.2, 0) is 0 Å². The first-order valence-electron chi connectivity index (χ1n) is 3.00. The Morgan fingerprint density at radius 2 is 0.778 bits per heavy atom. The van der Waals surface area contributed by atoms with Crippen molar-refractivity contribution >= 4 is 0 Å². The number of hydrogen-bond acceptors (Lipinski definition) is 0. The van der Waals surface area contributed by atoms with Crippen LogP contribution in [-0.4, -0.2) is 0 Å². The fraction of sp³-hybridized carbons (Fsp3) is 1.00. The SMILES string of the molecule is C.CC.CC(C)(C)C.[Ar]. The van der Waals surface area contributed by atoms with E-state index in [2.05, 4.69) is 27.7 Å². The minimum Gasteiger partial charge on any atom is -0.0776 e. The molecule has 0 rings (SSSR count). The van der Waals surface area contributed by atoms with Crippen LogP contribution in [0.15, 0.2) is 0 Å². The number of hydrogen-bond donors (Lipinski definition) is 0. The Labute approximate surface area is 91.4 Å². The van der Waals surface area contributed by atoms with Crippen molar-refractivity contribution in [3.05, 3.63) is 0 Å². The molecule has 0 aromatic rings. The first-order valence-corrected chi connectivity index (χ1v) is 3.00. The zero-order valence-electron chi connectivity index (χ0n) is 6.85. The summed E-state index contributed by atoms with van der Waals surface area (Å²) in [6.45, 7) is 12.8. The van der Waals surface area contributed by atoms with Gasteiger partial charge in [0, 0.05) is 37.7 Å². The van der Waals surface area contributed by atoms with Gasteiger partial charge in [0.05, 0.1) is 0 Å². The Morgan fingerprint density at radius 1 is 0.778 bits per heavy atom. The normalized spacial score (nSPS) is 7.33. The predicted octanol–water partition coefficient (Wildman–Crippen LogP) is 3.71. The van der Waals surface area contributed by atoms with Crippen molar-refractivity contribution < 1.29 is 37.7 Å². The van der Waals surface area contributed by atoms with Gasteiger partial charge in [0.15, 0.2) is 0 Å². The second kappa shape index (κ2) is 12.0. The minimum absolute atomic E-state index is 0. The molecule has 0 aromatic heterocycles. The van der Waals surface area contributed by atoms with Gasteiger partial charge in [-0.2, -0.15) is 0 Å². The fourth-order valence-corrected chi connectivity index (χ4v) is 0. The van der Waals surface area contributed by atoms with Gasteiger partial charge < -0.3 is 0 Å². The summed E-state index contributed by atoms with van der Waals surface area (Å²) in [4.78, 5) is 0. The van der Waals surface area contributed by atoms with Gasteiger partial charge in [0.25, 0.3) is 0 Å². The Bertz CT molecular complexity index is 20.0.